The lowest BCUT2D eigenvalue weighted by Crippen LogP contribution is -2.20. The quantitative estimate of drug-likeness (QED) is 0.471. The Hall–Kier alpha value is 0.0500. The topological polar surface area (TPSA) is 12.0 Å². The Morgan fingerprint density at radius 3 is 2.32 bits per heavy atom. The molecule has 0 aromatic heterocycles. The van der Waals surface area contributed by atoms with Crippen LogP contribution in [0.25, 0.3) is 0 Å². The van der Waals surface area contributed by atoms with Gasteiger partial charge in [-0.3, -0.25) is 0 Å². The van der Waals surface area contributed by atoms with Crippen molar-refractivity contribution in [1.29, 1.82) is 0 Å². The fourth-order valence-electron chi connectivity index (χ4n) is 1.98. The highest BCUT2D eigenvalue weighted by atomic mass is 35.5. The van der Waals surface area contributed by atoms with Crippen molar-refractivity contribution in [3.63, 3.8) is 0 Å². The van der Waals surface area contributed by atoms with E-state index in [1.54, 1.807) is 6.07 Å². The first-order chi connectivity index (χ1) is 8.93. The second kappa shape index (κ2) is 8.36. The molecule has 1 aromatic carbocycles. The second-order valence-corrected chi connectivity index (χ2v) is 6.49. The van der Waals surface area contributed by atoms with Crippen molar-refractivity contribution in [2.45, 2.75) is 46.1 Å². The Morgan fingerprint density at radius 2 is 1.68 bits per heavy atom. The molecule has 1 aromatic rings. The van der Waals surface area contributed by atoms with E-state index in [-0.39, 0.29) is 6.04 Å². The first-order valence-electron chi connectivity index (χ1n) is 6.80. The molecule has 0 saturated carbocycles. The fourth-order valence-corrected chi connectivity index (χ4v) is 2.69. The predicted molar refractivity (Wildman–Crippen MR) is 86.6 cm³/mol. The third kappa shape index (κ3) is 5.51. The fraction of sp³-hybridized carbons (Fsp3) is 0.600. The van der Waals surface area contributed by atoms with Crippen LogP contribution in [0.1, 0.15) is 51.6 Å². The monoisotopic (exact) mass is 321 g/mol. The molecule has 1 unspecified atom stereocenters. The Labute approximate surface area is 131 Å². The van der Waals surface area contributed by atoms with Crippen molar-refractivity contribution >= 4 is 34.8 Å². The molecule has 0 aliphatic carbocycles. The lowest BCUT2D eigenvalue weighted by Gasteiger charge is -2.17. The lowest BCUT2D eigenvalue weighted by atomic mass is 10.1. The second-order valence-electron chi connectivity index (χ2n) is 5.33. The zero-order chi connectivity index (χ0) is 14.4. The molecule has 108 valence electrons. The van der Waals surface area contributed by atoms with E-state index in [0.717, 1.165) is 18.0 Å². The zero-order valence-corrected chi connectivity index (χ0v) is 14.0. The maximum Gasteiger partial charge on any atom is 0.0781 e. The molecule has 0 bridgehead atoms. The molecule has 0 fully saturated rings. The summed E-state index contributed by atoms with van der Waals surface area (Å²) in [5.74, 6) is 0.780. The minimum Gasteiger partial charge on any atom is -0.310 e. The van der Waals surface area contributed by atoms with Gasteiger partial charge in [0.2, 0.25) is 0 Å². The van der Waals surface area contributed by atoms with E-state index in [1.165, 1.54) is 19.3 Å². The minimum atomic E-state index is 0.182. The van der Waals surface area contributed by atoms with Gasteiger partial charge in [0, 0.05) is 6.04 Å². The molecule has 1 nitrogen and oxygen atoms in total. The summed E-state index contributed by atoms with van der Waals surface area (Å²) in [5.41, 5.74) is 1.000. The number of hydrogen-bond acceptors (Lipinski definition) is 1. The van der Waals surface area contributed by atoms with E-state index in [9.17, 15) is 0 Å². The van der Waals surface area contributed by atoms with Crippen molar-refractivity contribution in [2.24, 2.45) is 5.92 Å². The molecule has 0 aliphatic heterocycles. The van der Waals surface area contributed by atoms with Gasteiger partial charge in [0.15, 0.2) is 0 Å². The molecule has 0 spiro atoms. The van der Waals surface area contributed by atoms with Gasteiger partial charge in [-0.2, -0.15) is 0 Å². The van der Waals surface area contributed by atoms with Gasteiger partial charge in [-0.25, -0.2) is 0 Å². The first-order valence-corrected chi connectivity index (χ1v) is 7.93. The third-order valence-corrected chi connectivity index (χ3v) is 4.50. The van der Waals surface area contributed by atoms with Crippen LogP contribution < -0.4 is 5.32 Å². The van der Waals surface area contributed by atoms with E-state index >= 15 is 0 Å². The Kier molecular flexibility index (Phi) is 7.53. The van der Waals surface area contributed by atoms with Crippen molar-refractivity contribution < 1.29 is 0 Å². The van der Waals surface area contributed by atoms with Crippen LogP contribution >= 0.6 is 34.8 Å². The normalized spacial score (nSPS) is 13.0. The molecule has 0 radical (unpaired) electrons. The maximum absolute atomic E-state index is 6.22. The standard InChI is InChI=1S/C15H22Cl3N/c1-10(2)6-4-5-9-19-11(3)12-7-8-13(16)15(18)14(12)17/h7-8,10-11,19H,4-6,9H2,1-3H3. The lowest BCUT2D eigenvalue weighted by molar-refractivity contribution is 0.498. The summed E-state index contributed by atoms with van der Waals surface area (Å²) in [5, 5.41) is 4.96. The molecule has 1 N–H and O–H groups in total. The summed E-state index contributed by atoms with van der Waals surface area (Å²) in [6.45, 7) is 7.59. The van der Waals surface area contributed by atoms with Crippen molar-refractivity contribution in [3.05, 3.63) is 32.8 Å². The highest BCUT2D eigenvalue weighted by molar-refractivity contribution is 6.48. The van der Waals surface area contributed by atoms with Crippen LogP contribution in [-0.4, -0.2) is 6.54 Å². The van der Waals surface area contributed by atoms with E-state index in [0.29, 0.717) is 15.1 Å². The largest absolute Gasteiger partial charge is 0.310 e. The molecule has 19 heavy (non-hydrogen) atoms. The van der Waals surface area contributed by atoms with Gasteiger partial charge < -0.3 is 5.32 Å². The van der Waals surface area contributed by atoms with Gasteiger partial charge in [-0.1, -0.05) is 67.6 Å². The van der Waals surface area contributed by atoms with Gasteiger partial charge >= 0.3 is 0 Å². The van der Waals surface area contributed by atoms with Gasteiger partial charge in [0.05, 0.1) is 15.1 Å². The highest BCUT2D eigenvalue weighted by Gasteiger charge is 2.13. The van der Waals surface area contributed by atoms with E-state index < -0.39 is 0 Å². The molecule has 1 rings (SSSR count). The van der Waals surface area contributed by atoms with Gasteiger partial charge in [-0.15, -0.1) is 0 Å². The molecule has 1 atom stereocenters. The average molecular weight is 323 g/mol. The minimum absolute atomic E-state index is 0.182. The number of rotatable bonds is 7. The molecule has 0 saturated heterocycles. The Bertz CT molecular complexity index is 405. The summed E-state index contributed by atoms with van der Waals surface area (Å²) in [6.07, 6.45) is 3.72. The SMILES string of the molecule is CC(C)CCCCNC(C)c1ccc(Cl)c(Cl)c1Cl. The number of benzene rings is 1. The van der Waals surface area contributed by atoms with Crippen LogP contribution in [0.15, 0.2) is 12.1 Å². The van der Waals surface area contributed by atoms with Crippen molar-refractivity contribution in [2.75, 3.05) is 6.54 Å². The number of nitrogens with one attached hydrogen (secondary N) is 1. The molecule has 0 aliphatic rings. The van der Waals surface area contributed by atoms with Crippen molar-refractivity contribution in [1.82, 2.24) is 5.32 Å². The van der Waals surface area contributed by atoms with E-state index in [1.807, 2.05) is 6.07 Å². The summed E-state index contributed by atoms with van der Waals surface area (Å²) < 4.78 is 0. The van der Waals surface area contributed by atoms with E-state index in [4.69, 9.17) is 34.8 Å². The summed E-state index contributed by atoms with van der Waals surface area (Å²) in [4.78, 5) is 0. The molecule has 4 heteroatoms. The molecular formula is C15H22Cl3N. The van der Waals surface area contributed by atoms with Crippen LogP contribution in [0.5, 0.6) is 0 Å². The maximum atomic E-state index is 6.22. The predicted octanol–water partition coefficient (Wildman–Crippen LogP) is 6.12. The smallest absolute Gasteiger partial charge is 0.0781 e. The van der Waals surface area contributed by atoms with Gasteiger partial charge in [0.25, 0.3) is 0 Å². The van der Waals surface area contributed by atoms with E-state index in [2.05, 4.69) is 26.1 Å². The van der Waals surface area contributed by atoms with Crippen LogP contribution in [0.3, 0.4) is 0 Å². The van der Waals surface area contributed by atoms with Gasteiger partial charge in [-0.05, 0) is 37.4 Å². The third-order valence-electron chi connectivity index (χ3n) is 3.19. The van der Waals surface area contributed by atoms with Crippen LogP contribution in [0.4, 0.5) is 0 Å². The van der Waals surface area contributed by atoms with Crippen LogP contribution in [0.2, 0.25) is 15.1 Å². The number of hydrogen-bond donors (Lipinski definition) is 1. The number of halogens is 3. The zero-order valence-electron chi connectivity index (χ0n) is 11.8. The van der Waals surface area contributed by atoms with Crippen LogP contribution in [-0.2, 0) is 0 Å². The average Bonchev–Trinajstić information content (AvgIpc) is 2.35. The van der Waals surface area contributed by atoms with Crippen LogP contribution in [0, 0.1) is 5.92 Å². The first kappa shape index (κ1) is 17.1. The summed E-state index contributed by atoms with van der Waals surface area (Å²) >= 11 is 18.2. The summed E-state index contributed by atoms with van der Waals surface area (Å²) in [7, 11) is 0. The summed E-state index contributed by atoms with van der Waals surface area (Å²) in [6, 6.07) is 3.91. The number of unbranched alkanes of at least 4 members (excludes halogenated alkanes) is 1. The Morgan fingerprint density at radius 1 is 1.00 bits per heavy atom. The Balaban J connectivity index is 2.46. The molecule has 0 heterocycles. The van der Waals surface area contributed by atoms with Gasteiger partial charge in [0.1, 0.15) is 0 Å². The molecular weight excluding hydrogens is 301 g/mol. The molecule has 0 amide bonds. The van der Waals surface area contributed by atoms with Crippen molar-refractivity contribution in [3.8, 4) is 0 Å². The highest BCUT2D eigenvalue weighted by Crippen LogP contribution is 2.35.